The minimum absolute atomic E-state index is 0.0714. The predicted molar refractivity (Wildman–Crippen MR) is 69.9 cm³/mol. The van der Waals surface area contributed by atoms with Crippen molar-refractivity contribution < 1.29 is 14.9 Å². The Balaban J connectivity index is 2.49. The first-order valence-corrected chi connectivity index (χ1v) is 6.39. The summed E-state index contributed by atoms with van der Waals surface area (Å²) < 4.78 is 6.73. The fraction of sp³-hybridized carbons (Fsp3) is 0.636. The van der Waals surface area contributed by atoms with Gasteiger partial charge in [-0.25, -0.2) is 4.79 Å². The third-order valence-corrected chi connectivity index (χ3v) is 3.60. The molecule has 0 saturated carbocycles. The van der Waals surface area contributed by atoms with Crippen LogP contribution in [-0.2, 0) is 4.74 Å². The van der Waals surface area contributed by atoms with Crippen LogP contribution in [0.1, 0.15) is 19.6 Å². The summed E-state index contributed by atoms with van der Waals surface area (Å²) in [5.41, 5.74) is 9.85. The van der Waals surface area contributed by atoms with Crippen molar-refractivity contribution in [1.29, 1.82) is 5.53 Å². The Labute approximate surface area is 119 Å². The van der Waals surface area contributed by atoms with Crippen molar-refractivity contribution in [3.05, 3.63) is 22.7 Å². The average molecular weight is 297 g/mol. The molecule has 0 amide bonds. The highest BCUT2D eigenvalue weighted by Gasteiger charge is 2.58. The van der Waals surface area contributed by atoms with Crippen LogP contribution in [0.4, 0.5) is 5.82 Å². The van der Waals surface area contributed by atoms with E-state index in [1.165, 1.54) is 16.8 Å². The molecule has 2 rings (SSSR count). The summed E-state index contributed by atoms with van der Waals surface area (Å²) in [6, 6.07) is 1.43. The van der Waals surface area contributed by atoms with Crippen LogP contribution in [0.25, 0.3) is 0 Å². The lowest BCUT2D eigenvalue weighted by Crippen LogP contribution is -2.43. The molecule has 114 valence electrons. The number of hydrogen-bond donors (Lipinski definition) is 4. The number of aromatic nitrogens is 2. The number of nitrogens with one attached hydrogen (secondary N) is 1. The molecule has 10 heteroatoms. The molecule has 1 aromatic heterocycles. The smallest absolute Gasteiger partial charge is 0.351 e. The number of hydrogen-bond acceptors (Lipinski definition) is 8. The molecule has 0 radical (unpaired) electrons. The van der Waals surface area contributed by atoms with Crippen molar-refractivity contribution in [2.45, 2.75) is 31.4 Å². The number of anilines is 1. The van der Waals surface area contributed by atoms with Gasteiger partial charge in [0, 0.05) is 12.1 Å². The van der Waals surface area contributed by atoms with Crippen LogP contribution in [-0.4, -0.2) is 38.2 Å². The van der Waals surface area contributed by atoms with Gasteiger partial charge in [0.25, 0.3) is 5.72 Å². The van der Waals surface area contributed by atoms with Crippen molar-refractivity contribution >= 4 is 5.82 Å². The van der Waals surface area contributed by atoms with Gasteiger partial charge in [0.2, 0.25) is 4.91 Å². The van der Waals surface area contributed by atoms with Crippen molar-refractivity contribution in [3.8, 4) is 0 Å². The number of rotatable bonds is 4. The minimum Gasteiger partial charge on any atom is -0.391 e. The quantitative estimate of drug-likeness (QED) is 0.411. The molecule has 1 aromatic rings. The third kappa shape index (κ3) is 2.45. The van der Waals surface area contributed by atoms with Gasteiger partial charge in [-0.3, -0.25) is 4.57 Å². The maximum Gasteiger partial charge on any atom is 0.351 e. The molecule has 10 nitrogen and oxygen atoms in total. The maximum absolute atomic E-state index is 11.9. The standard InChI is InChI=1S/C11H16N6O4/c1-2-6-8(19)11(5-18,15-16-13)21-9(6)17-4-3-7(12)14-10(17)20/h3-4,6,8-9,13,18-19H,2,5H2,1H3,(H-,12,14,20)/p+1/t6-,8-,9+,11+/m0/s1. The molecule has 5 N–H and O–H groups in total. The fourth-order valence-corrected chi connectivity index (χ4v) is 2.49. The van der Waals surface area contributed by atoms with Crippen molar-refractivity contribution in [2.24, 2.45) is 11.0 Å². The summed E-state index contributed by atoms with van der Waals surface area (Å²) in [4.78, 5) is 18.4. The highest BCUT2D eigenvalue weighted by Crippen LogP contribution is 2.43. The van der Waals surface area contributed by atoms with E-state index in [0.29, 0.717) is 6.42 Å². The van der Waals surface area contributed by atoms with Gasteiger partial charge in [-0.2, -0.15) is 4.98 Å². The molecular weight excluding hydrogens is 280 g/mol. The van der Waals surface area contributed by atoms with Crippen molar-refractivity contribution in [3.63, 3.8) is 0 Å². The van der Waals surface area contributed by atoms with Crippen LogP contribution >= 0.6 is 0 Å². The lowest BCUT2D eigenvalue weighted by molar-refractivity contribution is -0.128. The number of ether oxygens (including phenoxy) is 1. The Kier molecular flexibility index (Phi) is 4.14. The third-order valence-electron chi connectivity index (χ3n) is 3.60. The van der Waals surface area contributed by atoms with Crippen LogP contribution in [0.5, 0.6) is 0 Å². The second-order valence-corrected chi connectivity index (χ2v) is 4.77. The highest BCUT2D eigenvalue weighted by atomic mass is 16.6. The van der Waals surface area contributed by atoms with E-state index >= 15 is 0 Å². The van der Waals surface area contributed by atoms with Gasteiger partial charge in [0.1, 0.15) is 30.3 Å². The molecule has 1 aliphatic rings. The molecule has 0 unspecified atom stereocenters. The van der Waals surface area contributed by atoms with E-state index in [1.54, 1.807) is 6.92 Å². The zero-order chi connectivity index (χ0) is 15.6. The van der Waals surface area contributed by atoms with E-state index in [0.717, 1.165) is 0 Å². The monoisotopic (exact) mass is 297 g/mol. The summed E-state index contributed by atoms with van der Waals surface area (Å²) in [5, 5.41) is 23.3. The Hall–Kier alpha value is -2.13. The van der Waals surface area contributed by atoms with Crippen LogP contribution in [0.2, 0.25) is 0 Å². The fourth-order valence-electron chi connectivity index (χ4n) is 2.49. The van der Waals surface area contributed by atoms with Crippen molar-refractivity contribution in [1.82, 2.24) is 14.5 Å². The van der Waals surface area contributed by atoms with Crippen LogP contribution < -0.4 is 16.3 Å². The Bertz CT molecular complexity index is 627. The molecule has 1 fully saturated rings. The van der Waals surface area contributed by atoms with E-state index in [9.17, 15) is 15.0 Å². The molecule has 1 aliphatic heterocycles. The summed E-state index contributed by atoms with van der Waals surface area (Å²) in [6.45, 7) is 1.13. The highest BCUT2D eigenvalue weighted by molar-refractivity contribution is 5.23. The topological polar surface area (TPSA) is 161 Å². The molecule has 4 atom stereocenters. The lowest BCUT2D eigenvalue weighted by Gasteiger charge is -2.19. The molecule has 0 spiro atoms. The first-order chi connectivity index (χ1) is 9.99. The van der Waals surface area contributed by atoms with Crippen LogP contribution in [0, 0.1) is 11.4 Å². The first-order valence-electron chi connectivity index (χ1n) is 6.39. The van der Waals surface area contributed by atoms with Crippen LogP contribution in [0.3, 0.4) is 0 Å². The number of aliphatic hydroxyl groups is 2. The van der Waals surface area contributed by atoms with E-state index in [1.807, 2.05) is 0 Å². The van der Waals surface area contributed by atoms with E-state index in [4.69, 9.17) is 16.0 Å². The number of aliphatic hydroxyl groups excluding tert-OH is 2. The van der Waals surface area contributed by atoms with Gasteiger partial charge in [0.05, 0.1) is 0 Å². The first kappa shape index (κ1) is 15.3. The molecule has 1 saturated heterocycles. The van der Waals surface area contributed by atoms with Gasteiger partial charge in [-0.15, -0.1) is 0 Å². The average Bonchev–Trinajstić information content (AvgIpc) is 2.72. The van der Waals surface area contributed by atoms with Gasteiger partial charge >= 0.3 is 5.69 Å². The van der Waals surface area contributed by atoms with Gasteiger partial charge in [0.15, 0.2) is 5.11 Å². The SMILES string of the molecule is CC[C@@H]1[C@H](n2ccc(N)nc2=O)O[C@@](CO)(N=[N+]=N)[C@H]1O. The molecule has 0 aliphatic carbocycles. The number of nitrogens with two attached hydrogens (primary N) is 1. The van der Waals surface area contributed by atoms with E-state index < -0.39 is 36.3 Å². The summed E-state index contributed by atoms with van der Waals surface area (Å²) >= 11 is 0. The van der Waals surface area contributed by atoms with Crippen molar-refractivity contribution in [2.75, 3.05) is 12.3 Å². The molecular formula is C11H17N6O4+. The summed E-state index contributed by atoms with van der Waals surface area (Å²) in [7, 11) is 0. The Morgan fingerprint density at radius 1 is 1.71 bits per heavy atom. The maximum atomic E-state index is 11.9. The zero-order valence-electron chi connectivity index (χ0n) is 11.4. The Morgan fingerprint density at radius 3 is 2.95 bits per heavy atom. The second kappa shape index (κ2) is 5.70. The largest absolute Gasteiger partial charge is 0.391 e. The molecule has 0 bridgehead atoms. The van der Waals surface area contributed by atoms with E-state index in [2.05, 4.69) is 15.0 Å². The minimum atomic E-state index is -1.76. The lowest BCUT2D eigenvalue weighted by atomic mass is 9.94. The number of nitrogens with zero attached hydrogens (tertiary/aromatic N) is 4. The zero-order valence-corrected chi connectivity index (χ0v) is 11.4. The molecule has 0 aromatic carbocycles. The van der Waals surface area contributed by atoms with Crippen LogP contribution in [0.15, 0.2) is 22.2 Å². The molecule has 21 heavy (non-hydrogen) atoms. The van der Waals surface area contributed by atoms with E-state index in [-0.39, 0.29) is 5.82 Å². The second-order valence-electron chi connectivity index (χ2n) is 4.77. The van der Waals surface area contributed by atoms with Gasteiger partial charge in [-0.1, -0.05) is 6.92 Å². The van der Waals surface area contributed by atoms with Gasteiger partial charge < -0.3 is 20.7 Å². The number of nitrogen functional groups attached to an aromatic ring is 1. The Morgan fingerprint density at radius 2 is 2.43 bits per heavy atom. The predicted octanol–water partition coefficient (Wildman–Crippen LogP) is -1.02. The molecule has 2 heterocycles. The summed E-state index contributed by atoms with van der Waals surface area (Å²) in [6.07, 6.45) is -0.243. The summed E-state index contributed by atoms with van der Waals surface area (Å²) in [5.74, 6) is -0.451. The normalized spacial score (nSPS) is 31.9. The van der Waals surface area contributed by atoms with Gasteiger partial charge in [-0.05, 0) is 12.5 Å².